The third-order valence-electron chi connectivity index (χ3n) is 4.69. The zero-order valence-corrected chi connectivity index (χ0v) is 15.7. The van der Waals surface area contributed by atoms with Crippen LogP contribution in [0.1, 0.15) is 41.9 Å². The number of ketones is 1. The summed E-state index contributed by atoms with van der Waals surface area (Å²) in [6.07, 6.45) is -3.99. The zero-order valence-electron chi connectivity index (χ0n) is 14.9. The highest BCUT2D eigenvalue weighted by molar-refractivity contribution is 7.99. The lowest BCUT2D eigenvalue weighted by atomic mass is 9.90. The van der Waals surface area contributed by atoms with Crippen molar-refractivity contribution < 1.29 is 18.0 Å². The minimum atomic E-state index is -4.44. The number of hydrogen-bond donors (Lipinski definition) is 0. The number of halogens is 3. The predicted molar refractivity (Wildman–Crippen MR) is 103 cm³/mol. The van der Waals surface area contributed by atoms with Crippen LogP contribution in [0.3, 0.4) is 0 Å². The largest absolute Gasteiger partial charge is 0.416 e. The molecule has 2 aromatic rings. The summed E-state index contributed by atoms with van der Waals surface area (Å²) < 4.78 is 39.4. The summed E-state index contributed by atoms with van der Waals surface area (Å²) >= 11 is 1.62. The fraction of sp³-hybridized carbons (Fsp3) is 0.333. The molecular weight excluding hydrogens is 371 g/mol. The lowest BCUT2D eigenvalue weighted by Gasteiger charge is -2.14. The summed E-state index contributed by atoms with van der Waals surface area (Å²) in [5.74, 6) is 0.240. The van der Waals surface area contributed by atoms with E-state index in [0.717, 1.165) is 23.4 Å². The van der Waals surface area contributed by atoms with E-state index in [0.29, 0.717) is 23.6 Å². The van der Waals surface area contributed by atoms with Crippen molar-refractivity contribution in [2.75, 3.05) is 11.6 Å². The lowest BCUT2D eigenvalue weighted by molar-refractivity contribution is -0.137. The minimum Gasteiger partial charge on any atom is -0.298 e. The quantitative estimate of drug-likeness (QED) is 0.612. The number of rotatable bonds is 5. The Balaban J connectivity index is 1.99. The molecule has 0 aliphatic heterocycles. The topological polar surface area (TPSA) is 29.4 Å². The van der Waals surface area contributed by atoms with Gasteiger partial charge in [-0.05, 0) is 22.9 Å². The van der Waals surface area contributed by atoms with Crippen molar-refractivity contribution >= 4 is 23.3 Å². The van der Waals surface area contributed by atoms with Crippen LogP contribution in [0.15, 0.2) is 59.6 Å². The second kappa shape index (κ2) is 8.30. The van der Waals surface area contributed by atoms with Gasteiger partial charge < -0.3 is 0 Å². The van der Waals surface area contributed by atoms with Crippen LogP contribution < -0.4 is 0 Å². The van der Waals surface area contributed by atoms with Gasteiger partial charge >= 0.3 is 6.18 Å². The van der Waals surface area contributed by atoms with Crippen LogP contribution in [-0.4, -0.2) is 23.1 Å². The first-order chi connectivity index (χ1) is 12.9. The van der Waals surface area contributed by atoms with Crippen molar-refractivity contribution in [3.05, 3.63) is 71.3 Å². The molecule has 0 spiro atoms. The van der Waals surface area contributed by atoms with E-state index in [9.17, 15) is 18.0 Å². The Hall–Kier alpha value is -2.08. The van der Waals surface area contributed by atoms with E-state index in [1.165, 1.54) is 6.07 Å². The number of carbonyl (C=O) groups is 1. The van der Waals surface area contributed by atoms with E-state index in [1.807, 2.05) is 37.3 Å². The Morgan fingerprint density at radius 3 is 2.44 bits per heavy atom. The molecule has 2 atom stereocenters. The molecule has 0 aromatic heterocycles. The number of carbonyl (C=O) groups excluding carboxylic acids is 1. The van der Waals surface area contributed by atoms with Gasteiger partial charge in [0.2, 0.25) is 0 Å². The summed E-state index contributed by atoms with van der Waals surface area (Å²) in [4.78, 5) is 17.7. The highest BCUT2D eigenvalue weighted by Crippen LogP contribution is 2.40. The molecule has 2 unspecified atom stereocenters. The molecule has 0 radical (unpaired) electrons. The standard InChI is InChI=1S/C21H20F3NOS/c1-2-27-13-25-18-12-17(14-7-4-3-5-8-14)20(26)19(18)15-9-6-10-16(11-15)21(22,23)24/h3-11,17,19H,2,12-13H2,1H3. The first-order valence-electron chi connectivity index (χ1n) is 8.78. The minimum absolute atomic E-state index is 0.0826. The molecule has 142 valence electrons. The number of alkyl halides is 3. The summed E-state index contributed by atoms with van der Waals surface area (Å²) in [7, 11) is 0. The third-order valence-corrected chi connectivity index (χ3v) is 5.41. The van der Waals surface area contributed by atoms with Crippen LogP contribution in [0.2, 0.25) is 0 Å². The average Bonchev–Trinajstić information content (AvgIpc) is 2.98. The van der Waals surface area contributed by atoms with Gasteiger partial charge in [0.1, 0.15) is 0 Å². The first-order valence-corrected chi connectivity index (χ1v) is 9.94. The second-order valence-corrected chi connectivity index (χ2v) is 7.64. The Labute approximate surface area is 160 Å². The Bertz CT molecular complexity index is 833. The molecule has 3 rings (SSSR count). The maximum Gasteiger partial charge on any atom is 0.416 e. The van der Waals surface area contributed by atoms with E-state index in [1.54, 1.807) is 17.8 Å². The second-order valence-electron chi connectivity index (χ2n) is 6.40. The molecule has 1 aliphatic rings. The van der Waals surface area contributed by atoms with Gasteiger partial charge in [-0.1, -0.05) is 55.5 Å². The number of hydrogen-bond acceptors (Lipinski definition) is 3. The molecule has 6 heteroatoms. The van der Waals surface area contributed by atoms with Crippen molar-refractivity contribution in [3.8, 4) is 0 Å². The smallest absolute Gasteiger partial charge is 0.298 e. The normalized spacial score (nSPS) is 21.8. The fourth-order valence-electron chi connectivity index (χ4n) is 3.39. The van der Waals surface area contributed by atoms with Gasteiger partial charge in [-0.25, -0.2) is 0 Å². The van der Waals surface area contributed by atoms with E-state index in [2.05, 4.69) is 4.99 Å². The number of thioether (sulfide) groups is 1. The number of aliphatic imine (C=N–C) groups is 1. The van der Waals surface area contributed by atoms with Gasteiger partial charge in [0.05, 0.1) is 17.4 Å². The van der Waals surface area contributed by atoms with Crippen molar-refractivity contribution in [1.29, 1.82) is 0 Å². The van der Waals surface area contributed by atoms with Crippen molar-refractivity contribution in [1.82, 2.24) is 0 Å². The molecule has 1 fully saturated rings. The van der Waals surface area contributed by atoms with Crippen LogP contribution in [0.4, 0.5) is 13.2 Å². The molecule has 0 bridgehead atoms. The number of Topliss-reactive ketones (excluding diaryl/α,β-unsaturated/α-hetero) is 1. The summed E-state index contributed by atoms with van der Waals surface area (Å²) in [6, 6.07) is 14.4. The molecule has 0 heterocycles. The maximum absolute atomic E-state index is 13.1. The van der Waals surface area contributed by atoms with Gasteiger partial charge in [0.25, 0.3) is 0 Å². The molecule has 0 N–H and O–H groups in total. The number of nitrogens with zero attached hydrogens (tertiary/aromatic N) is 1. The zero-order chi connectivity index (χ0) is 19.4. The first kappa shape index (κ1) is 19.7. The Morgan fingerprint density at radius 1 is 1.07 bits per heavy atom. The van der Waals surface area contributed by atoms with E-state index >= 15 is 0 Å². The van der Waals surface area contributed by atoms with Crippen LogP contribution >= 0.6 is 11.8 Å². The predicted octanol–water partition coefficient (Wildman–Crippen LogP) is 5.70. The fourth-order valence-corrected chi connectivity index (χ4v) is 3.83. The average molecular weight is 391 g/mol. The third kappa shape index (κ3) is 4.43. The van der Waals surface area contributed by atoms with Crippen molar-refractivity contribution in [2.24, 2.45) is 4.99 Å². The van der Waals surface area contributed by atoms with Crippen molar-refractivity contribution in [3.63, 3.8) is 0 Å². The SMILES string of the molecule is CCSCN=C1CC(c2ccccc2)C(=O)C1c1cccc(C(F)(F)F)c1. The van der Waals surface area contributed by atoms with E-state index in [-0.39, 0.29) is 11.7 Å². The maximum atomic E-state index is 13.1. The Morgan fingerprint density at radius 2 is 1.78 bits per heavy atom. The molecule has 0 amide bonds. The molecular formula is C21H20F3NOS. The van der Waals surface area contributed by atoms with Crippen molar-refractivity contribution in [2.45, 2.75) is 31.4 Å². The highest BCUT2D eigenvalue weighted by atomic mass is 32.2. The molecule has 1 aliphatic carbocycles. The summed E-state index contributed by atoms with van der Waals surface area (Å²) in [5, 5.41) is 0. The van der Waals surface area contributed by atoms with Crippen LogP contribution in [0.5, 0.6) is 0 Å². The molecule has 2 nitrogen and oxygen atoms in total. The molecule has 2 aromatic carbocycles. The lowest BCUT2D eigenvalue weighted by Crippen LogP contribution is -2.16. The molecule has 1 saturated carbocycles. The Kier molecular flexibility index (Phi) is 6.05. The van der Waals surface area contributed by atoms with Gasteiger partial charge in [0, 0.05) is 18.1 Å². The summed E-state index contributed by atoms with van der Waals surface area (Å²) in [6.45, 7) is 2.02. The van der Waals surface area contributed by atoms with Crippen LogP contribution in [-0.2, 0) is 11.0 Å². The van der Waals surface area contributed by atoms with Crippen LogP contribution in [0, 0.1) is 0 Å². The molecule has 27 heavy (non-hydrogen) atoms. The van der Waals surface area contributed by atoms with Gasteiger partial charge in [-0.2, -0.15) is 13.2 Å². The van der Waals surface area contributed by atoms with E-state index < -0.39 is 17.7 Å². The highest BCUT2D eigenvalue weighted by Gasteiger charge is 2.41. The summed E-state index contributed by atoms with van der Waals surface area (Å²) in [5.41, 5.74) is 1.19. The van der Waals surface area contributed by atoms with Gasteiger partial charge in [0.15, 0.2) is 5.78 Å². The van der Waals surface area contributed by atoms with E-state index in [4.69, 9.17) is 0 Å². The van der Waals surface area contributed by atoms with Gasteiger partial charge in [-0.3, -0.25) is 9.79 Å². The number of benzene rings is 2. The monoisotopic (exact) mass is 391 g/mol. The van der Waals surface area contributed by atoms with Gasteiger partial charge in [-0.15, -0.1) is 11.8 Å². The molecule has 0 saturated heterocycles. The van der Waals surface area contributed by atoms with Crippen LogP contribution in [0.25, 0.3) is 0 Å².